The van der Waals surface area contributed by atoms with Gasteiger partial charge in [0.05, 0.1) is 13.1 Å². The predicted octanol–water partition coefficient (Wildman–Crippen LogP) is -0.414. The minimum atomic E-state index is -0.619. The lowest BCUT2D eigenvalue weighted by Crippen LogP contribution is -2.34. The Labute approximate surface area is 110 Å². The van der Waals surface area contributed by atoms with Crippen molar-refractivity contribution in [3.63, 3.8) is 0 Å². The van der Waals surface area contributed by atoms with Crippen LogP contribution in [0, 0.1) is 6.92 Å². The Morgan fingerprint density at radius 2 is 1.79 bits per heavy atom. The number of rotatable bonds is 7. The summed E-state index contributed by atoms with van der Waals surface area (Å²) in [6.45, 7) is 1.89. The molecule has 1 aromatic heterocycles. The summed E-state index contributed by atoms with van der Waals surface area (Å²) in [6.07, 6.45) is 0.0561. The molecule has 0 atom stereocenters. The van der Waals surface area contributed by atoms with Crippen LogP contribution in [0.3, 0.4) is 0 Å². The van der Waals surface area contributed by atoms with Crippen molar-refractivity contribution in [3.8, 4) is 0 Å². The monoisotopic (exact) mass is 267 g/mol. The van der Waals surface area contributed by atoms with Crippen molar-refractivity contribution >= 4 is 17.7 Å². The van der Waals surface area contributed by atoms with Gasteiger partial charge >= 0.3 is 0 Å². The van der Waals surface area contributed by atoms with Crippen molar-refractivity contribution < 1.29 is 18.8 Å². The molecule has 104 valence electrons. The summed E-state index contributed by atoms with van der Waals surface area (Å²) in [6, 6.07) is 3.58. The summed E-state index contributed by atoms with van der Waals surface area (Å²) < 4.78 is 5.28. The van der Waals surface area contributed by atoms with E-state index in [-0.39, 0.29) is 37.7 Å². The maximum atomic E-state index is 11.4. The largest absolute Gasteiger partial charge is 0.465 e. The van der Waals surface area contributed by atoms with Crippen molar-refractivity contribution in [3.05, 3.63) is 23.7 Å². The molecule has 1 aromatic rings. The summed E-state index contributed by atoms with van der Waals surface area (Å²) in [5.41, 5.74) is 4.87. The van der Waals surface area contributed by atoms with Crippen LogP contribution in [-0.2, 0) is 20.9 Å². The normalized spacial score (nSPS) is 9.95. The highest BCUT2D eigenvalue weighted by atomic mass is 16.3. The highest BCUT2D eigenvalue weighted by molar-refractivity contribution is 5.86. The van der Waals surface area contributed by atoms with Gasteiger partial charge in [-0.1, -0.05) is 0 Å². The number of primary amides is 1. The van der Waals surface area contributed by atoms with Gasteiger partial charge in [0.25, 0.3) is 0 Å². The fraction of sp³-hybridized carbons (Fsp3) is 0.417. The molecular weight excluding hydrogens is 250 g/mol. The number of amides is 3. The molecule has 0 aromatic carbocycles. The molecule has 19 heavy (non-hydrogen) atoms. The van der Waals surface area contributed by atoms with E-state index in [4.69, 9.17) is 10.2 Å². The van der Waals surface area contributed by atoms with Crippen molar-refractivity contribution in [1.29, 1.82) is 0 Å². The summed E-state index contributed by atoms with van der Waals surface area (Å²) >= 11 is 0. The Hall–Kier alpha value is -2.31. The Morgan fingerprint density at radius 3 is 2.32 bits per heavy atom. The second kappa shape index (κ2) is 7.20. The van der Waals surface area contributed by atoms with E-state index < -0.39 is 5.91 Å². The second-order valence-electron chi connectivity index (χ2n) is 4.03. The van der Waals surface area contributed by atoms with Gasteiger partial charge in [-0.25, -0.2) is 0 Å². The fourth-order valence-electron chi connectivity index (χ4n) is 1.36. The van der Waals surface area contributed by atoms with Crippen LogP contribution in [0.1, 0.15) is 24.4 Å². The first-order valence-corrected chi connectivity index (χ1v) is 5.84. The first kappa shape index (κ1) is 14.7. The standard InChI is InChI=1S/C12H17N3O4/c1-8-2-3-9(19-8)6-14-11(17)4-5-12(18)15-7-10(13)16/h2-3H,4-7H2,1H3,(H2,13,16)(H,14,17)(H,15,18). The molecule has 0 aliphatic carbocycles. The van der Waals surface area contributed by atoms with Gasteiger partial charge in [-0.3, -0.25) is 14.4 Å². The molecule has 3 amide bonds. The van der Waals surface area contributed by atoms with E-state index >= 15 is 0 Å². The number of hydrogen-bond donors (Lipinski definition) is 3. The maximum Gasteiger partial charge on any atom is 0.236 e. The third kappa shape index (κ3) is 6.25. The van der Waals surface area contributed by atoms with E-state index in [1.165, 1.54) is 0 Å². The van der Waals surface area contributed by atoms with E-state index in [1.807, 2.05) is 6.92 Å². The maximum absolute atomic E-state index is 11.4. The average Bonchev–Trinajstić information content (AvgIpc) is 2.77. The van der Waals surface area contributed by atoms with E-state index in [2.05, 4.69) is 10.6 Å². The molecule has 4 N–H and O–H groups in total. The summed E-state index contributed by atoms with van der Waals surface area (Å²) in [4.78, 5) is 33.1. The van der Waals surface area contributed by atoms with E-state index in [9.17, 15) is 14.4 Å². The van der Waals surface area contributed by atoms with E-state index in [0.717, 1.165) is 5.76 Å². The van der Waals surface area contributed by atoms with Crippen LogP contribution in [0.5, 0.6) is 0 Å². The highest BCUT2D eigenvalue weighted by Gasteiger charge is 2.08. The summed E-state index contributed by atoms with van der Waals surface area (Å²) in [5.74, 6) is 0.163. The SMILES string of the molecule is Cc1ccc(CNC(=O)CCC(=O)NCC(N)=O)o1. The summed E-state index contributed by atoms with van der Waals surface area (Å²) in [7, 11) is 0. The van der Waals surface area contributed by atoms with Gasteiger partial charge in [0, 0.05) is 12.8 Å². The zero-order valence-electron chi connectivity index (χ0n) is 10.7. The quantitative estimate of drug-likeness (QED) is 0.622. The molecule has 0 saturated carbocycles. The smallest absolute Gasteiger partial charge is 0.236 e. The molecule has 1 rings (SSSR count). The molecule has 7 nitrogen and oxygen atoms in total. The lowest BCUT2D eigenvalue weighted by molar-refractivity contribution is -0.127. The third-order valence-corrected chi connectivity index (χ3v) is 2.29. The number of hydrogen-bond acceptors (Lipinski definition) is 4. The van der Waals surface area contributed by atoms with Crippen molar-refractivity contribution in [2.75, 3.05) is 6.54 Å². The van der Waals surface area contributed by atoms with Gasteiger partial charge in [-0.05, 0) is 19.1 Å². The number of nitrogens with one attached hydrogen (secondary N) is 2. The van der Waals surface area contributed by atoms with Crippen LogP contribution in [0.25, 0.3) is 0 Å². The zero-order chi connectivity index (χ0) is 14.3. The van der Waals surface area contributed by atoms with Gasteiger partial charge in [-0.15, -0.1) is 0 Å². The van der Waals surface area contributed by atoms with E-state index in [1.54, 1.807) is 12.1 Å². The molecule has 0 saturated heterocycles. The molecule has 0 spiro atoms. The molecule has 1 heterocycles. The van der Waals surface area contributed by atoms with Crippen LogP contribution in [0.15, 0.2) is 16.5 Å². The van der Waals surface area contributed by atoms with E-state index in [0.29, 0.717) is 5.76 Å². The molecular formula is C12H17N3O4. The Balaban J connectivity index is 2.17. The lowest BCUT2D eigenvalue weighted by Gasteiger charge is -2.04. The number of nitrogens with two attached hydrogens (primary N) is 1. The van der Waals surface area contributed by atoms with Gasteiger partial charge in [0.1, 0.15) is 11.5 Å². The molecule has 0 fully saturated rings. The van der Waals surface area contributed by atoms with Gasteiger partial charge in [0.15, 0.2) is 0 Å². The van der Waals surface area contributed by atoms with Crippen molar-refractivity contribution in [1.82, 2.24) is 10.6 Å². The van der Waals surface area contributed by atoms with Crippen LogP contribution in [0.4, 0.5) is 0 Å². The first-order chi connectivity index (χ1) is 8.97. The topological polar surface area (TPSA) is 114 Å². The first-order valence-electron chi connectivity index (χ1n) is 5.84. The fourth-order valence-corrected chi connectivity index (χ4v) is 1.36. The molecule has 7 heteroatoms. The second-order valence-corrected chi connectivity index (χ2v) is 4.03. The molecule has 0 aliphatic heterocycles. The lowest BCUT2D eigenvalue weighted by atomic mass is 10.2. The van der Waals surface area contributed by atoms with Crippen molar-refractivity contribution in [2.24, 2.45) is 5.73 Å². The van der Waals surface area contributed by atoms with Gasteiger partial charge in [-0.2, -0.15) is 0 Å². The number of aryl methyl sites for hydroxylation is 1. The van der Waals surface area contributed by atoms with Crippen LogP contribution in [0.2, 0.25) is 0 Å². The summed E-state index contributed by atoms with van der Waals surface area (Å²) in [5, 5.41) is 4.93. The predicted molar refractivity (Wildman–Crippen MR) is 66.7 cm³/mol. The van der Waals surface area contributed by atoms with Crippen LogP contribution < -0.4 is 16.4 Å². The minimum Gasteiger partial charge on any atom is -0.465 e. The number of carbonyl (C=O) groups is 3. The third-order valence-electron chi connectivity index (χ3n) is 2.29. The van der Waals surface area contributed by atoms with Crippen LogP contribution >= 0.6 is 0 Å². The van der Waals surface area contributed by atoms with Crippen LogP contribution in [-0.4, -0.2) is 24.3 Å². The number of carbonyl (C=O) groups excluding carboxylic acids is 3. The highest BCUT2D eigenvalue weighted by Crippen LogP contribution is 2.05. The molecule has 0 aliphatic rings. The zero-order valence-corrected chi connectivity index (χ0v) is 10.7. The Bertz CT molecular complexity index is 467. The van der Waals surface area contributed by atoms with Gasteiger partial charge in [0.2, 0.25) is 17.7 Å². The van der Waals surface area contributed by atoms with Crippen molar-refractivity contribution in [2.45, 2.75) is 26.3 Å². The number of furan rings is 1. The molecule has 0 radical (unpaired) electrons. The molecule has 0 unspecified atom stereocenters. The molecule has 0 bridgehead atoms. The Morgan fingerprint density at radius 1 is 1.16 bits per heavy atom. The Kier molecular flexibility index (Phi) is 5.59. The minimum absolute atomic E-state index is 0.0102. The average molecular weight is 267 g/mol. The van der Waals surface area contributed by atoms with Gasteiger partial charge < -0.3 is 20.8 Å².